The SMILES string of the molecule is CCCn1c(N)c(C(=O)COC(=O)c2ccc(Br)o2)c(=O)n(C)c1=O. The molecule has 0 aliphatic carbocycles. The lowest BCUT2D eigenvalue weighted by Gasteiger charge is -2.13. The van der Waals surface area contributed by atoms with Crippen LogP contribution in [-0.2, 0) is 18.3 Å². The molecule has 0 radical (unpaired) electrons. The fourth-order valence-corrected chi connectivity index (χ4v) is 2.49. The van der Waals surface area contributed by atoms with Gasteiger partial charge in [0.2, 0.25) is 11.5 Å². The number of ether oxygens (including phenoxy) is 1. The van der Waals surface area contributed by atoms with E-state index in [0.29, 0.717) is 11.1 Å². The second-order valence-electron chi connectivity index (χ2n) is 5.16. The number of ketones is 1. The van der Waals surface area contributed by atoms with E-state index in [4.69, 9.17) is 14.9 Å². The molecule has 0 amide bonds. The van der Waals surface area contributed by atoms with Gasteiger partial charge >= 0.3 is 11.7 Å². The van der Waals surface area contributed by atoms with E-state index >= 15 is 0 Å². The van der Waals surface area contributed by atoms with Crippen molar-refractivity contribution in [1.82, 2.24) is 9.13 Å². The summed E-state index contributed by atoms with van der Waals surface area (Å²) in [6.07, 6.45) is 0.582. The van der Waals surface area contributed by atoms with E-state index in [1.165, 1.54) is 19.2 Å². The molecule has 0 saturated heterocycles. The molecular weight excluding hydrogens is 398 g/mol. The van der Waals surface area contributed by atoms with E-state index in [1.807, 2.05) is 6.92 Å². The molecule has 0 unspecified atom stereocenters. The van der Waals surface area contributed by atoms with Crippen molar-refractivity contribution in [1.29, 1.82) is 0 Å². The number of halogens is 1. The first-order valence-corrected chi connectivity index (χ1v) is 8.12. The van der Waals surface area contributed by atoms with Crippen molar-refractivity contribution >= 4 is 33.5 Å². The molecule has 9 nitrogen and oxygen atoms in total. The zero-order valence-electron chi connectivity index (χ0n) is 13.6. The zero-order valence-corrected chi connectivity index (χ0v) is 15.2. The molecule has 2 aromatic heterocycles. The fraction of sp³-hybridized carbons (Fsp3) is 0.333. The van der Waals surface area contributed by atoms with Crippen LogP contribution in [0.1, 0.15) is 34.3 Å². The van der Waals surface area contributed by atoms with Crippen LogP contribution < -0.4 is 17.0 Å². The van der Waals surface area contributed by atoms with Gasteiger partial charge in [0.25, 0.3) is 5.56 Å². The topological polar surface area (TPSA) is 127 Å². The van der Waals surface area contributed by atoms with Crippen LogP contribution in [0.2, 0.25) is 0 Å². The van der Waals surface area contributed by atoms with E-state index in [1.54, 1.807) is 0 Å². The maximum absolute atomic E-state index is 12.3. The van der Waals surface area contributed by atoms with Crippen LogP contribution in [0.15, 0.2) is 30.8 Å². The molecule has 0 aliphatic heterocycles. The number of carbonyl (C=O) groups is 2. The zero-order chi connectivity index (χ0) is 18.7. The van der Waals surface area contributed by atoms with E-state index in [2.05, 4.69) is 15.9 Å². The molecule has 134 valence electrons. The van der Waals surface area contributed by atoms with Crippen LogP contribution in [0.3, 0.4) is 0 Å². The van der Waals surface area contributed by atoms with Crippen molar-refractivity contribution in [3.8, 4) is 0 Å². The summed E-state index contributed by atoms with van der Waals surface area (Å²) in [6, 6.07) is 2.86. The van der Waals surface area contributed by atoms with Crippen molar-refractivity contribution in [3.63, 3.8) is 0 Å². The molecule has 0 atom stereocenters. The monoisotopic (exact) mass is 413 g/mol. The predicted octanol–water partition coefficient (Wildman–Crippen LogP) is 0.934. The van der Waals surface area contributed by atoms with Gasteiger partial charge in [-0.3, -0.25) is 18.7 Å². The molecule has 0 aromatic carbocycles. The highest BCUT2D eigenvalue weighted by Gasteiger charge is 2.23. The first-order chi connectivity index (χ1) is 11.8. The Hall–Kier alpha value is -2.62. The van der Waals surface area contributed by atoms with E-state index in [0.717, 1.165) is 9.13 Å². The molecule has 0 fully saturated rings. The molecule has 2 aromatic rings. The van der Waals surface area contributed by atoms with Gasteiger partial charge in [-0.15, -0.1) is 0 Å². The summed E-state index contributed by atoms with van der Waals surface area (Å²) in [5.74, 6) is -2.01. The third-order valence-corrected chi connectivity index (χ3v) is 3.84. The lowest BCUT2D eigenvalue weighted by Crippen LogP contribution is -2.43. The second kappa shape index (κ2) is 7.51. The smallest absolute Gasteiger partial charge is 0.374 e. The minimum Gasteiger partial charge on any atom is -0.451 e. The first-order valence-electron chi connectivity index (χ1n) is 7.32. The number of Topliss-reactive ketones (excluding diaryl/α,β-unsaturated/α-hetero) is 1. The summed E-state index contributed by atoms with van der Waals surface area (Å²) < 4.78 is 12.1. The summed E-state index contributed by atoms with van der Waals surface area (Å²) in [7, 11) is 1.25. The number of rotatable bonds is 6. The van der Waals surface area contributed by atoms with Gasteiger partial charge in [-0.2, -0.15) is 0 Å². The summed E-state index contributed by atoms with van der Waals surface area (Å²) in [5.41, 5.74) is 3.99. The predicted molar refractivity (Wildman–Crippen MR) is 91.7 cm³/mol. The molecule has 0 spiro atoms. The Morgan fingerprint density at radius 1 is 1.32 bits per heavy atom. The van der Waals surface area contributed by atoms with E-state index < -0.39 is 29.6 Å². The Kier molecular flexibility index (Phi) is 5.62. The number of nitrogen functional groups attached to an aromatic ring is 1. The molecule has 25 heavy (non-hydrogen) atoms. The Balaban J connectivity index is 2.28. The van der Waals surface area contributed by atoms with Gasteiger partial charge in [-0.05, 0) is 34.5 Å². The van der Waals surface area contributed by atoms with Crippen LogP contribution in [0.5, 0.6) is 0 Å². The Labute approximate surface area is 150 Å². The Morgan fingerprint density at radius 2 is 2.00 bits per heavy atom. The maximum Gasteiger partial charge on any atom is 0.374 e. The Morgan fingerprint density at radius 3 is 2.56 bits per heavy atom. The average molecular weight is 414 g/mol. The van der Waals surface area contributed by atoms with Crippen molar-refractivity contribution < 1.29 is 18.7 Å². The first kappa shape index (κ1) is 18.7. The number of hydrogen-bond acceptors (Lipinski definition) is 7. The number of esters is 1. The summed E-state index contributed by atoms with van der Waals surface area (Å²) in [5, 5.41) is 0. The molecule has 2 heterocycles. The molecule has 10 heteroatoms. The number of anilines is 1. The molecule has 2 rings (SSSR count). The van der Waals surface area contributed by atoms with Gasteiger partial charge in [-0.25, -0.2) is 9.59 Å². The van der Waals surface area contributed by atoms with E-state index in [9.17, 15) is 19.2 Å². The van der Waals surface area contributed by atoms with Gasteiger partial charge in [-0.1, -0.05) is 6.92 Å². The van der Waals surface area contributed by atoms with Crippen LogP contribution >= 0.6 is 15.9 Å². The molecular formula is C15H16BrN3O6. The van der Waals surface area contributed by atoms with Gasteiger partial charge in [0.1, 0.15) is 11.4 Å². The number of aromatic nitrogens is 2. The highest BCUT2D eigenvalue weighted by molar-refractivity contribution is 9.10. The lowest BCUT2D eigenvalue weighted by atomic mass is 10.2. The fourth-order valence-electron chi connectivity index (χ4n) is 2.18. The van der Waals surface area contributed by atoms with Gasteiger partial charge in [0.05, 0.1) is 0 Å². The van der Waals surface area contributed by atoms with Gasteiger partial charge in [0, 0.05) is 13.6 Å². The maximum atomic E-state index is 12.3. The number of hydrogen-bond donors (Lipinski definition) is 1. The molecule has 0 saturated carbocycles. The van der Waals surface area contributed by atoms with Crippen molar-refractivity contribution in [3.05, 3.63) is 49.0 Å². The normalized spacial score (nSPS) is 10.7. The number of carbonyl (C=O) groups excluding carboxylic acids is 2. The van der Waals surface area contributed by atoms with Crippen molar-refractivity contribution in [2.24, 2.45) is 7.05 Å². The third kappa shape index (κ3) is 3.73. The number of nitrogens with two attached hydrogens (primary N) is 1. The molecule has 0 bridgehead atoms. The summed E-state index contributed by atoms with van der Waals surface area (Å²) in [4.78, 5) is 48.4. The minimum absolute atomic E-state index is 0.100. The quantitative estimate of drug-likeness (QED) is 0.551. The Bertz CT molecular complexity index is 940. The van der Waals surface area contributed by atoms with Gasteiger partial charge < -0.3 is 14.9 Å². The average Bonchev–Trinajstić information content (AvgIpc) is 3.01. The summed E-state index contributed by atoms with van der Waals surface area (Å²) >= 11 is 3.04. The van der Waals surface area contributed by atoms with Crippen molar-refractivity contribution in [2.45, 2.75) is 19.9 Å². The van der Waals surface area contributed by atoms with Crippen molar-refractivity contribution in [2.75, 3.05) is 12.3 Å². The van der Waals surface area contributed by atoms with Crippen LogP contribution in [-0.4, -0.2) is 27.5 Å². The number of furan rings is 1. The number of nitrogens with zero attached hydrogens (tertiary/aromatic N) is 2. The van der Waals surface area contributed by atoms with Crippen LogP contribution in [0.25, 0.3) is 0 Å². The second-order valence-corrected chi connectivity index (χ2v) is 5.94. The highest BCUT2D eigenvalue weighted by atomic mass is 79.9. The van der Waals surface area contributed by atoms with Crippen LogP contribution in [0.4, 0.5) is 5.82 Å². The summed E-state index contributed by atoms with van der Waals surface area (Å²) in [6.45, 7) is 1.36. The molecule has 0 aliphatic rings. The highest BCUT2D eigenvalue weighted by Crippen LogP contribution is 2.15. The largest absolute Gasteiger partial charge is 0.451 e. The van der Waals surface area contributed by atoms with Gasteiger partial charge in [0.15, 0.2) is 11.3 Å². The third-order valence-electron chi connectivity index (χ3n) is 3.42. The molecule has 2 N–H and O–H groups in total. The minimum atomic E-state index is -0.865. The van der Waals surface area contributed by atoms with E-state index in [-0.39, 0.29) is 23.7 Å². The lowest BCUT2D eigenvalue weighted by molar-refractivity contribution is 0.0442. The van der Waals surface area contributed by atoms with Crippen LogP contribution in [0, 0.1) is 0 Å². The standard InChI is InChI=1S/C15H16BrN3O6/c1-3-6-19-12(17)11(13(21)18(2)15(19)23)8(20)7-24-14(22)9-4-5-10(16)25-9/h4-5H,3,6-7,17H2,1-2H3.